The first-order valence-corrected chi connectivity index (χ1v) is 6.03. The van der Waals surface area contributed by atoms with Crippen molar-refractivity contribution in [2.45, 2.75) is 32.9 Å². The van der Waals surface area contributed by atoms with Crippen LogP contribution >= 0.6 is 12.2 Å². The molecule has 0 radical (unpaired) electrons. The van der Waals surface area contributed by atoms with Gasteiger partial charge in [0.15, 0.2) is 11.1 Å². The van der Waals surface area contributed by atoms with E-state index in [1.54, 1.807) is 12.4 Å². The Kier molecular flexibility index (Phi) is 4.61. The average Bonchev–Trinajstić information content (AvgIpc) is 2.24. The molecule has 0 saturated heterocycles. The van der Waals surface area contributed by atoms with Gasteiger partial charge in [-0.2, -0.15) is 0 Å². The Bertz CT molecular complexity index is 424. The number of pyridine rings is 1. The van der Waals surface area contributed by atoms with Crippen molar-refractivity contribution in [3.05, 3.63) is 30.1 Å². The molecule has 1 heterocycles. The van der Waals surface area contributed by atoms with Crippen LogP contribution in [0.25, 0.3) is 0 Å². The molecule has 0 amide bonds. The summed E-state index contributed by atoms with van der Waals surface area (Å²) in [5.74, 6) is -0.0828. The molecular weight excluding hydrogens is 246 g/mol. The summed E-state index contributed by atoms with van der Waals surface area (Å²) < 4.78 is 0. The molecule has 6 heteroatoms. The molecule has 0 aromatic carbocycles. The standard InChI is InChI=1S/C12H19N5S/c1-12(2,3)16-11(18)17(10(13)14)8-9-5-4-6-15-7-9/h4-7H,8H2,1-3H3,(H3,13,14)(H,16,18). The number of hydrogen-bond acceptors (Lipinski definition) is 3. The van der Waals surface area contributed by atoms with Crippen LogP contribution < -0.4 is 11.1 Å². The zero-order valence-corrected chi connectivity index (χ0v) is 11.7. The number of aromatic nitrogens is 1. The van der Waals surface area contributed by atoms with Crippen LogP contribution in [0.15, 0.2) is 24.5 Å². The molecule has 98 valence electrons. The SMILES string of the molecule is CC(C)(C)NC(=S)N(Cc1cccnc1)C(=N)N. The lowest BCUT2D eigenvalue weighted by Gasteiger charge is -2.29. The summed E-state index contributed by atoms with van der Waals surface area (Å²) in [4.78, 5) is 5.57. The molecule has 1 aromatic heterocycles. The molecule has 0 bridgehead atoms. The lowest BCUT2D eigenvalue weighted by Crippen LogP contribution is -2.51. The molecule has 18 heavy (non-hydrogen) atoms. The molecule has 0 aliphatic heterocycles. The average molecular weight is 265 g/mol. The zero-order chi connectivity index (χ0) is 13.8. The van der Waals surface area contributed by atoms with Crippen LogP contribution in [-0.2, 0) is 6.54 Å². The Morgan fingerprint density at radius 3 is 2.67 bits per heavy atom. The van der Waals surface area contributed by atoms with Crippen molar-refractivity contribution in [1.29, 1.82) is 5.41 Å². The number of guanidine groups is 1. The Hall–Kier alpha value is -1.69. The molecule has 5 nitrogen and oxygen atoms in total. The third kappa shape index (κ3) is 4.67. The van der Waals surface area contributed by atoms with Crippen LogP contribution in [0, 0.1) is 5.41 Å². The fourth-order valence-corrected chi connectivity index (χ4v) is 1.80. The Labute approximate surface area is 113 Å². The maximum absolute atomic E-state index is 7.59. The predicted molar refractivity (Wildman–Crippen MR) is 77.2 cm³/mol. The number of thiocarbonyl (C=S) groups is 1. The monoisotopic (exact) mass is 265 g/mol. The summed E-state index contributed by atoms with van der Waals surface area (Å²) in [5, 5.41) is 11.2. The minimum atomic E-state index is -0.167. The van der Waals surface area contributed by atoms with Gasteiger partial charge in [0.2, 0.25) is 0 Å². The van der Waals surface area contributed by atoms with Gasteiger partial charge in [-0.3, -0.25) is 15.3 Å². The van der Waals surface area contributed by atoms with Gasteiger partial charge < -0.3 is 11.1 Å². The molecule has 1 aromatic rings. The highest BCUT2D eigenvalue weighted by atomic mass is 32.1. The Morgan fingerprint density at radius 1 is 1.56 bits per heavy atom. The fraction of sp³-hybridized carbons (Fsp3) is 0.417. The number of hydrogen-bond donors (Lipinski definition) is 3. The molecule has 0 unspecified atom stereocenters. The highest BCUT2D eigenvalue weighted by Gasteiger charge is 2.18. The summed E-state index contributed by atoms with van der Waals surface area (Å²) in [6.45, 7) is 6.44. The van der Waals surface area contributed by atoms with Crippen LogP contribution in [0.5, 0.6) is 0 Å². The molecule has 4 N–H and O–H groups in total. The van der Waals surface area contributed by atoms with Crippen LogP contribution in [-0.4, -0.2) is 26.5 Å². The van der Waals surface area contributed by atoms with E-state index in [0.717, 1.165) is 5.56 Å². The van der Waals surface area contributed by atoms with E-state index < -0.39 is 0 Å². The van der Waals surface area contributed by atoms with Crippen molar-refractivity contribution >= 4 is 23.3 Å². The summed E-state index contributed by atoms with van der Waals surface area (Å²) in [6.07, 6.45) is 3.43. The summed E-state index contributed by atoms with van der Waals surface area (Å²) >= 11 is 5.27. The molecule has 0 spiro atoms. The highest BCUT2D eigenvalue weighted by Crippen LogP contribution is 2.06. The van der Waals surface area contributed by atoms with E-state index in [2.05, 4.69) is 10.3 Å². The molecule has 0 saturated carbocycles. The lowest BCUT2D eigenvalue weighted by atomic mass is 10.1. The second-order valence-corrected chi connectivity index (χ2v) is 5.40. The van der Waals surface area contributed by atoms with Crippen molar-refractivity contribution < 1.29 is 0 Å². The summed E-state index contributed by atoms with van der Waals surface area (Å²) in [7, 11) is 0. The summed E-state index contributed by atoms with van der Waals surface area (Å²) in [6, 6.07) is 3.76. The first-order valence-electron chi connectivity index (χ1n) is 5.62. The van der Waals surface area contributed by atoms with E-state index in [4.69, 9.17) is 23.4 Å². The predicted octanol–water partition coefficient (Wildman–Crippen LogP) is 1.45. The van der Waals surface area contributed by atoms with Crippen molar-refractivity contribution in [2.75, 3.05) is 0 Å². The highest BCUT2D eigenvalue weighted by molar-refractivity contribution is 7.80. The topological polar surface area (TPSA) is 78.0 Å². The van der Waals surface area contributed by atoms with Gasteiger partial charge in [0.1, 0.15) is 0 Å². The molecule has 0 atom stereocenters. The number of rotatable bonds is 2. The van der Waals surface area contributed by atoms with Crippen LogP contribution in [0.3, 0.4) is 0 Å². The second-order valence-electron chi connectivity index (χ2n) is 5.01. The van der Waals surface area contributed by atoms with Crippen LogP contribution in [0.1, 0.15) is 26.3 Å². The maximum atomic E-state index is 7.59. The minimum absolute atomic E-state index is 0.0828. The van der Waals surface area contributed by atoms with E-state index in [1.165, 1.54) is 4.90 Å². The molecule has 1 rings (SSSR count). The largest absolute Gasteiger partial charge is 0.370 e. The maximum Gasteiger partial charge on any atom is 0.195 e. The van der Waals surface area contributed by atoms with Gasteiger partial charge in [-0.25, -0.2) is 0 Å². The van der Waals surface area contributed by atoms with Crippen LogP contribution in [0.2, 0.25) is 0 Å². The van der Waals surface area contributed by atoms with Gasteiger partial charge in [-0.1, -0.05) is 6.07 Å². The lowest BCUT2D eigenvalue weighted by molar-refractivity contribution is 0.472. The first-order chi connectivity index (χ1) is 8.29. The van der Waals surface area contributed by atoms with E-state index in [0.29, 0.717) is 11.7 Å². The third-order valence-electron chi connectivity index (χ3n) is 2.08. The molecule has 0 aliphatic carbocycles. The van der Waals surface area contributed by atoms with Crippen molar-refractivity contribution in [3.63, 3.8) is 0 Å². The van der Waals surface area contributed by atoms with E-state index in [-0.39, 0.29) is 11.5 Å². The molecular formula is C12H19N5S. The van der Waals surface area contributed by atoms with Crippen molar-refractivity contribution in [3.8, 4) is 0 Å². The third-order valence-corrected chi connectivity index (χ3v) is 2.40. The van der Waals surface area contributed by atoms with E-state index in [9.17, 15) is 0 Å². The van der Waals surface area contributed by atoms with E-state index in [1.807, 2.05) is 32.9 Å². The Balaban J connectivity index is 2.78. The smallest absolute Gasteiger partial charge is 0.195 e. The van der Waals surface area contributed by atoms with E-state index >= 15 is 0 Å². The fourth-order valence-electron chi connectivity index (χ4n) is 1.33. The normalized spacial score (nSPS) is 10.8. The molecule has 0 fully saturated rings. The van der Waals surface area contributed by atoms with Gasteiger partial charge in [-0.05, 0) is 44.6 Å². The number of nitrogens with zero attached hydrogens (tertiary/aromatic N) is 2. The molecule has 0 aliphatic rings. The summed E-state index contributed by atoms with van der Waals surface area (Å²) in [5.41, 5.74) is 6.35. The first kappa shape index (κ1) is 14.4. The van der Waals surface area contributed by atoms with Crippen molar-refractivity contribution in [2.24, 2.45) is 5.73 Å². The van der Waals surface area contributed by atoms with Crippen LogP contribution in [0.4, 0.5) is 0 Å². The zero-order valence-electron chi connectivity index (χ0n) is 10.9. The second kappa shape index (κ2) is 5.77. The van der Waals surface area contributed by atoms with Gasteiger partial charge >= 0.3 is 0 Å². The van der Waals surface area contributed by atoms with Gasteiger partial charge in [-0.15, -0.1) is 0 Å². The van der Waals surface area contributed by atoms with Gasteiger partial charge in [0, 0.05) is 17.9 Å². The van der Waals surface area contributed by atoms with Gasteiger partial charge in [0.25, 0.3) is 0 Å². The number of nitrogens with one attached hydrogen (secondary N) is 2. The Morgan fingerprint density at radius 2 is 2.22 bits per heavy atom. The minimum Gasteiger partial charge on any atom is -0.370 e. The van der Waals surface area contributed by atoms with Crippen molar-refractivity contribution in [1.82, 2.24) is 15.2 Å². The quantitative estimate of drug-likeness (QED) is 0.428. The van der Waals surface area contributed by atoms with Gasteiger partial charge in [0.05, 0.1) is 6.54 Å². The number of nitrogens with two attached hydrogens (primary N) is 1.